The summed E-state index contributed by atoms with van der Waals surface area (Å²) in [6, 6.07) is 13.1. The molecule has 0 saturated heterocycles. The first-order valence-electron chi connectivity index (χ1n) is 9.13. The fourth-order valence-corrected chi connectivity index (χ4v) is 3.66. The first kappa shape index (κ1) is 19.2. The highest BCUT2D eigenvalue weighted by molar-refractivity contribution is 7.92. The lowest BCUT2D eigenvalue weighted by molar-refractivity contribution is 0.590. The first-order chi connectivity index (χ1) is 13.6. The number of aromatic nitrogens is 3. The van der Waals surface area contributed by atoms with E-state index in [0.717, 1.165) is 28.6 Å². The second kappa shape index (κ2) is 6.73. The normalized spacial score (nSPS) is 12.4. The summed E-state index contributed by atoms with van der Waals surface area (Å²) in [6.07, 6.45) is 2.79. The highest BCUT2D eigenvalue weighted by Gasteiger charge is 2.19. The molecule has 29 heavy (non-hydrogen) atoms. The number of hydrogen-bond acceptors (Lipinski definition) is 5. The van der Waals surface area contributed by atoms with Gasteiger partial charge in [0, 0.05) is 11.3 Å². The van der Waals surface area contributed by atoms with E-state index in [1.54, 1.807) is 18.3 Å². The fraction of sp³-hybridized carbons (Fsp3) is 0.238. The minimum atomic E-state index is -3.32. The smallest absolute Gasteiger partial charge is 0.231 e. The Labute approximate surface area is 169 Å². The Morgan fingerprint density at radius 2 is 1.79 bits per heavy atom. The zero-order chi connectivity index (χ0) is 20.8. The van der Waals surface area contributed by atoms with Gasteiger partial charge in [0.1, 0.15) is 5.52 Å². The van der Waals surface area contributed by atoms with Crippen LogP contribution in [0.15, 0.2) is 53.1 Å². The Kier molecular flexibility index (Phi) is 4.46. The molecule has 0 bridgehead atoms. The van der Waals surface area contributed by atoms with Crippen LogP contribution in [0.4, 0.5) is 5.69 Å². The van der Waals surface area contributed by atoms with Crippen molar-refractivity contribution in [3.63, 3.8) is 0 Å². The minimum Gasteiger partial charge on any atom is -0.436 e. The zero-order valence-corrected chi connectivity index (χ0v) is 17.5. The van der Waals surface area contributed by atoms with E-state index < -0.39 is 10.0 Å². The van der Waals surface area contributed by atoms with Gasteiger partial charge in [0.25, 0.3) is 0 Å². The third-order valence-electron chi connectivity index (χ3n) is 4.60. The standard InChI is InChI=1S/C21H22N4O3S/c1-21(2,3)14-7-10-18-17(11-14)23-20(28-18)16-12-22-24-19(16)13-5-8-15(9-6-13)25-29(4,26)27/h5-12,25H,1-4H3,(H,22,24). The van der Waals surface area contributed by atoms with Crippen molar-refractivity contribution >= 4 is 26.8 Å². The van der Waals surface area contributed by atoms with E-state index >= 15 is 0 Å². The molecule has 2 heterocycles. The van der Waals surface area contributed by atoms with Crippen LogP contribution >= 0.6 is 0 Å². The van der Waals surface area contributed by atoms with Crippen LogP contribution in [0.2, 0.25) is 0 Å². The van der Waals surface area contributed by atoms with Crippen molar-refractivity contribution in [3.05, 3.63) is 54.2 Å². The molecule has 0 saturated carbocycles. The van der Waals surface area contributed by atoms with Gasteiger partial charge >= 0.3 is 0 Å². The summed E-state index contributed by atoms with van der Waals surface area (Å²) >= 11 is 0. The maximum Gasteiger partial charge on any atom is 0.231 e. The molecule has 0 atom stereocenters. The van der Waals surface area contributed by atoms with Gasteiger partial charge in [-0.3, -0.25) is 9.82 Å². The van der Waals surface area contributed by atoms with Crippen LogP contribution in [-0.2, 0) is 15.4 Å². The molecule has 0 aliphatic heterocycles. The zero-order valence-electron chi connectivity index (χ0n) is 16.6. The number of aromatic amines is 1. The molecule has 0 fully saturated rings. The number of nitrogens with one attached hydrogen (secondary N) is 2. The van der Waals surface area contributed by atoms with E-state index in [1.807, 2.05) is 24.3 Å². The van der Waals surface area contributed by atoms with Crippen LogP contribution in [0.3, 0.4) is 0 Å². The topological polar surface area (TPSA) is 101 Å². The molecule has 0 spiro atoms. The molecule has 2 aromatic carbocycles. The lowest BCUT2D eigenvalue weighted by atomic mass is 9.87. The maximum absolute atomic E-state index is 11.4. The third kappa shape index (κ3) is 4.02. The second-order valence-electron chi connectivity index (χ2n) is 8.06. The Balaban J connectivity index is 1.71. The molecule has 4 aromatic rings. The van der Waals surface area contributed by atoms with Crippen molar-refractivity contribution in [3.8, 4) is 22.7 Å². The molecule has 0 unspecified atom stereocenters. The minimum absolute atomic E-state index is 0.0237. The number of nitrogens with zero attached hydrogens (tertiary/aromatic N) is 2. The highest BCUT2D eigenvalue weighted by Crippen LogP contribution is 2.33. The van der Waals surface area contributed by atoms with Crippen LogP contribution in [0.1, 0.15) is 26.3 Å². The average molecular weight is 410 g/mol. The van der Waals surface area contributed by atoms with Crippen molar-refractivity contribution in [2.45, 2.75) is 26.2 Å². The molecular weight excluding hydrogens is 388 g/mol. The largest absolute Gasteiger partial charge is 0.436 e. The molecule has 2 N–H and O–H groups in total. The molecule has 2 aromatic heterocycles. The Hall–Kier alpha value is -3.13. The number of rotatable bonds is 4. The number of benzene rings is 2. The lowest BCUT2D eigenvalue weighted by Crippen LogP contribution is -2.10. The molecule has 0 aliphatic rings. The van der Waals surface area contributed by atoms with Crippen LogP contribution in [0.5, 0.6) is 0 Å². The number of oxazole rings is 1. The number of hydrogen-bond donors (Lipinski definition) is 2. The van der Waals surface area contributed by atoms with Gasteiger partial charge in [0.15, 0.2) is 5.58 Å². The van der Waals surface area contributed by atoms with Crippen LogP contribution in [-0.4, -0.2) is 29.9 Å². The van der Waals surface area contributed by atoms with E-state index in [9.17, 15) is 8.42 Å². The number of anilines is 1. The fourth-order valence-electron chi connectivity index (χ4n) is 3.10. The molecule has 7 nitrogen and oxygen atoms in total. The van der Waals surface area contributed by atoms with Crippen LogP contribution < -0.4 is 4.72 Å². The molecule has 4 rings (SSSR count). The van der Waals surface area contributed by atoms with E-state index in [1.165, 1.54) is 5.56 Å². The van der Waals surface area contributed by atoms with Crippen molar-refractivity contribution < 1.29 is 12.8 Å². The Morgan fingerprint density at radius 1 is 1.07 bits per heavy atom. The number of H-pyrrole nitrogens is 1. The van der Waals surface area contributed by atoms with Gasteiger partial charge < -0.3 is 4.42 Å². The Morgan fingerprint density at radius 3 is 2.45 bits per heavy atom. The van der Waals surface area contributed by atoms with E-state index in [4.69, 9.17) is 4.42 Å². The summed E-state index contributed by atoms with van der Waals surface area (Å²) in [6.45, 7) is 6.48. The summed E-state index contributed by atoms with van der Waals surface area (Å²) in [7, 11) is -3.32. The van der Waals surface area contributed by atoms with Crippen LogP contribution in [0, 0.1) is 0 Å². The summed E-state index contributed by atoms with van der Waals surface area (Å²) < 4.78 is 31.2. The quantitative estimate of drug-likeness (QED) is 0.514. The van der Waals surface area contributed by atoms with E-state index in [2.05, 4.69) is 46.7 Å². The predicted molar refractivity (Wildman–Crippen MR) is 114 cm³/mol. The molecular formula is C21H22N4O3S. The second-order valence-corrected chi connectivity index (χ2v) is 9.81. The summed E-state index contributed by atoms with van der Waals surface area (Å²) in [5.41, 5.74) is 5.55. The third-order valence-corrected chi connectivity index (χ3v) is 5.21. The number of fused-ring (bicyclic) bond motifs is 1. The molecule has 0 radical (unpaired) electrons. The van der Waals surface area contributed by atoms with Crippen molar-refractivity contribution in [1.29, 1.82) is 0 Å². The Bertz CT molecular complexity index is 1280. The van der Waals surface area contributed by atoms with Gasteiger partial charge in [-0.25, -0.2) is 13.4 Å². The van der Waals surface area contributed by atoms with Crippen molar-refractivity contribution in [2.24, 2.45) is 0 Å². The maximum atomic E-state index is 11.4. The molecule has 8 heteroatoms. The van der Waals surface area contributed by atoms with Gasteiger partial charge in [0.2, 0.25) is 15.9 Å². The summed E-state index contributed by atoms with van der Waals surface area (Å²) in [4.78, 5) is 4.66. The molecule has 0 aliphatic carbocycles. The molecule has 0 amide bonds. The lowest BCUT2D eigenvalue weighted by Gasteiger charge is -2.18. The monoisotopic (exact) mass is 410 g/mol. The van der Waals surface area contributed by atoms with Gasteiger partial charge in [0.05, 0.1) is 23.7 Å². The summed E-state index contributed by atoms with van der Waals surface area (Å²) in [5.74, 6) is 0.480. The van der Waals surface area contributed by atoms with E-state index in [-0.39, 0.29) is 5.41 Å². The van der Waals surface area contributed by atoms with E-state index in [0.29, 0.717) is 17.2 Å². The van der Waals surface area contributed by atoms with Crippen molar-refractivity contribution in [2.75, 3.05) is 11.0 Å². The van der Waals surface area contributed by atoms with Crippen molar-refractivity contribution in [1.82, 2.24) is 15.2 Å². The summed E-state index contributed by atoms with van der Waals surface area (Å²) in [5, 5.41) is 7.13. The van der Waals surface area contributed by atoms with Gasteiger partial charge in [-0.2, -0.15) is 5.10 Å². The number of sulfonamides is 1. The predicted octanol–water partition coefficient (Wildman–Crippen LogP) is 4.55. The van der Waals surface area contributed by atoms with Gasteiger partial charge in [-0.05, 0) is 35.2 Å². The van der Waals surface area contributed by atoms with Gasteiger partial charge in [-0.15, -0.1) is 0 Å². The van der Waals surface area contributed by atoms with Crippen LogP contribution in [0.25, 0.3) is 33.8 Å². The SMILES string of the molecule is CC(C)(C)c1ccc2oc(-c3cn[nH]c3-c3ccc(NS(C)(=O)=O)cc3)nc2c1. The average Bonchev–Trinajstić information content (AvgIpc) is 3.26. The highest BCUT2D eigenvalue weighted by atomic mass is 32.2. The first-order valence-corrected chi connectivity index (χ1v) is 11.0. The van der Waals surface area contributed by atoms with Gasteiger partial charge in [-0.1, -0.05) is 39.0 Å². The molecule has 150 valence electrons.